The number of aromatic nitrogens is 2. The van der Waals surface area contributed by atoms with Crippen LogP contribution in [0.3, 0.4) is 0 Å². The molecule has 3 heterocycles. The van der Waals surface area contributed by atoms with E-state index in [1.54, 1.807) is 11.3 Å². The van der Waals surface area contributed by atoms with Gasteiger partial charge in [-0.25, -0.2) is 0 Å². The van der Waals surface area contributed by atoms with E-state index in [2.05, 4.69) is 117 Å². The van der Waals surface area contributed by atoms with Gasteiger partial charge >= 0.3 is 0 Å². The smallest absolute Gasteiger partial charge is 0.0887 e. The molecule has 0 bridgehead atoms. The Labute approximate surface area is 217 Å². The Morgan fingerprint density at radius 1 is 0.667 bits per heavy atom. The van der Waals surface area contributed by atoms with Crippen LogP contribution in [-0.4, -0.2) is 9.55 Å². The molecule has 3 aromatic heterocycles. The van der Waals surface area contributed by atoms with Crippen LogP contribution in [0.25, 0.3) is 37.6 Å². The van der Waals surface area contributed by atoms with Gasteiger partial charge in [-0.15, -0.1) is 11.3 Å². The van der Waals surface area contributed by atoms with Crippen LogP contribution in [-0.2, 0) is 0 Å². The first-order chi connectivity index (χ1) is 17.8. The molecule has 0 aliphatic carbocycles. The maximum Gasteiger partial charge on any atom is 0.0887 e. The minimum absolute atomic E-state index is 0.691. The molecule has 0 unspecified atom stereocenters. The number of benzene rings is 4. The van der Waals surface area contributed by atoms with Crippen molar-refractivity contribution in [3.05, 3.63) is 126 Å². The lowest BCUT2D eigenvalue weighted by atomic mass is 10.1. The van der Waals surface area contributed by atoms with Gasteiger partial charge in [-0.3, -0.25) is 4.98 Å². The van der Waals surface area contributed by atoms with Crippen LogP contribution < -0.4 is 4.90 Å². The summed E-state index contributed by atoms with van der Waals surface area (Å²) in [5.41, 5.74) is 6.24. The van der Waals surface area contributed by atoms with Crippen molar-refractivity contribution in [1.82, 2.24) is 9.55 Å². The predicted molar refractivity (Wildman–Crippen MR) is 154 cm³/mol. The van der Waals surface area contributed by atoms with Gasteiger partial charge in [0.1, 0.15) is 0 Å². The summed E-state index contributed by atoms with van der Waals surface area (Å²) in [7, 11) is 0. The number of pyridine rings is 1. The fraction of sp³-hybridized carbons (Fsp3) is 0. The van der Waals surface area contributed by atoms with E-state index < -0.39 is 0 Å². The summed E-state index contributed by atoms with van der Waals surface area (Å²) in [5.74, 6) is 0. The van der Waals surface area contributed by atoms with Crippen molar-refractivity contribution in [3.63, 3.8) is 0 Å². The highest BCUT2D eigenvalue weighted by Gasteiger charge is 2.22. The molecular weight excluding hydrogens is 482 g/mol. The van der Waals surface area contributed by atoms with Crippen molar-refractivity contribution >= 4 is 71.9 Å². The summed E-state index contributed by atoms with van der Waals surface area (Å²) in [4.78, 5) is 6.65. The summed E-state index contributed by atoms with van der Waals surface area (Å²) < 4.78 is 3.49. The van der Waals surface area contributed by atoms with Gasteiger partial charge in [-0.1, -0.05) is 72.3 Å². The predicted octanol–water partition coefficient (Wildman–Crippen LogP) is 9.52. The molecule has 0 saturated carbocycles. The topological polar surface area (TPSA) is 21.1 Å². The molecule has 172 valence electrons. The molecule has 36 heavy (non-hydrogen) atoms. The number of anilines is 3. The van der Waals surface area contributed by atoms with E-state index >= 15 is 0 Å². The van der Waals surface area contributed by atoms with E-state index in [1.165, 1.54) is 10.1 Å². The zero-order chi connectivity index (χ0) is 24.1. The Bertz CT molecular complexity index is 1820. The molecule has 0 aliphatic rings. The zero-order valence-electron chi connectivity index (χ0n) is 19.2. The fourth-order valence-corrected chi connectivity index (χ4v) is 6.27. The normalized spacial score (nSPS) is 11.5. The number of hydrogen-bond donors (Lipinski definition) is 0. The number of thiophene rings is 1. The monoisotopic (exact) mass is 501 g/mol. The van der Waals surface area contributed by atoms with Crippen LogP contribution in [0, 0.1) is 0 Å². The van der Waals surface area contributed by atoms with Crippen LogP contribution in [0.2, 0.25) is 5.02 Å². The number of halogens is 1. The van der Waals surface area contributed by atoms with Gasteiger partial charge in [0, 0.05) is 44.3 Å². The van der Waals surface area contributed by atoms with Gasteiger partial charge in [0.2, 0.25) is 0 Å². The maximum absolute atomic E-state index is 7.34. The van der Waals surface area contributed by atoms with Crippen molar-refractivity contribution in [3.8, 4) is 5.69 Å². The van der Waals surface area contributed by atoms with Crippen molar-refractivity contribution in [1.29, 1.82) is 0 Å². The van der Waals surface area contributed by atoms with Crippen LogP contribution in [0.4, 0.5) is 17.1 Å². The van der Waals surface area contributed by atoms with Crippen molar-refractivity contribution < 1.29 is 0 Å². The SMILES string of the molecule is Clc1c(N(c2ccccc2)c2csc3ccccc23)cccc1-n1c2ccccc2c2cnccc21. The Morgan fingerprint density at radius 3 is 2.31 bits per heavy atom. The number of para-hydroxylation sites is 2. The van der Waals surface area contributed by atoms with Gasteiger partial charge in [0.05, 0.1) is 33.1 Å². The third-order valence-corrected chi connectivity index (χ3v) is 7.97. The Morgan fingerprint density at radius 2 is 1.42 bits per heavy atom. The second kappa shape index (κ2) is 8.52. The second-order valence-electron chi connectivity index (χ2n) is 8.64. The summed E-state index contributed by atoms with van der Waals surface area (Å²) in [6.07, 6.45) is 3.77. The molecule has 0 radical (unpaired) electrons. The first-order valence-electron chi connectivity index (χ1n) is 11.7. The van der Waals surface area contributed by atoms with Crippen molar-refractivity contribution in [2.24, 2.45) is 0 Å². The summed E-state index contributed by atoms with van der Waals surface area (Å²) >= 11 is 9.09. The lowest BCUT2D eigenvalue weighted by molar-refractivity contribution is 1.17. The molecule has 0 aliphatic heterocycles. The molecule has 0 N–H and O–H groups in total. The molecule has 7 rings (SSSR count). The lowest BCUT2D eigenvalue weighted by Crippen LogP contribution is -2.11. The third kappa shape index (κ3) is 3.23. The average Bonchev–Trinajstić information content (AvgIpc) is 3.50. The number of fused-ring (bicyclic) bond motifs is 4. The molecule has 0 amide bonds. The molecule has 0 atom stereocenters. The van der Waals surface area contributed by atoms with E-state index in [0.717, 1.165) is 44.6 Å². The lowest BCUT2D eigenvalue weighted by Gasteiger charge is -2.27. The van der Waals surface area contributed by atoms with E-state index in [4.69, 9.17) is 11.6 Å². The zero-order valence-corrected chi connectivity index (χ0v) is 20.7. The summed E-state index contributed by atoms with van der Waals surface area (Å²) in [5, 5.41) is 6.38. The van der Waals surface area contributed by atoms with Crippen LogP contribution in [0.15, 0.2) is 121 Å². The third-order valence-electron chi connectivity index (χ3n) is 6.63. The van der Waals surface area contributed by atoms with Gasteiger partial charge < -0.3 is 9.47 Å². The average molecular weight is 502 g/mol. The molecule has 3 nitrogen and oxygen atoms in total. The van der Waals surface area contributed by atoms with Gasteiger partial charge in [-0.05, 0) is 42.5 Å². The quantitative estimate of drug-likeness (QED) is 0.239. The van der Waals surface area contributed by atoms with E-state index in [-0.39, 0.29) is 0 Å². The molecule has 0 fully saturated rings. The number of hydrogen-bond acceptors (Lipinski definition) is 3. The Kier molecular flexibility index (Phi) is 5.01. The minimum Gasteiger partial charge on any atom is -0.308 e. The van der Waals surface area contributed by atoms with Crippen LogP contribution >= 0.6 is 22.9 Å². The van der Waals surface area contributed by atoms with Crippen LogP contribution in [0.1, 0.15) is 0 Å². The molecule has 4 aromatic carbocycles. The van der Waals surface area contributed by atoms with Gasteiger partial charge in [-0.2, -0.15) is 0 Å². The molecule has 0 spiro atoms. The van der Waals surface area contributed by atoms with Crippen molar-refractivity contribution in [2.75, 3.05) is 4.90 Å². The molecular formula is C31H20ClN3S. The maximum atomic E-state index is 7.34. The second-order valence-corrected chi connectivity index (χ2v) is 9.93. The molecule has 0 saturated heterocycles. The standard InChI is InChI=1S/C31H20ClN3S/c32-31-27(34(21-9-2-1-3-10-21)29-20-36-30-16-7-5-12-23(29)30)14-8-15-28(31)35-25-13-6-4-11-22(25)24-19-33-18-17-26(24)35/h1-20H. The van der Waals surface area contributed by atoms with Gasteiger partial charge in [0.25, 0.3) is 0 Å². The van der Waals surface area contributed by atoms with E-state index in [9.17, 15) is 0 Å². The Hall–Kier alpha value is -4.12. The molecule has 7 aromatic rings. The fourth-order valence-electron chi connectivity index (χ4n) is 5.05. The minimum atomic E-state index is 0.691. The largest absolute Gasteiger partial charge is 0.308 e. The highest BCUT2D eigenvalue weighted by atomic mass is 35.5. The van der Waals surface area contributed by atoms with E-state index in [0.29, 0.717) is 5.02 Å². The molecule has 5 heteroatoms. The first-order valence-corrected chi connectivity index (χ1v) is 13.0. The summed E-state index contributed by atoms with van der Waals surface area (Å²) in [6, 6.07) is 35.7. The highest BCUT2D eigenvalue weighted by molar-refractivity contribution is 7.17. The number of nitrogens with zero attached hydrogens (tertiary/aromatic N) is 3. The number of rotatable bonds is 4. The first kappa shape index (κ1) is 21.2. The Balaban J connectivity index is 1.52. The van der Waals surface area contributed by atoms with Crippen LogP contribution in [0.5, 0.6) is 0 Å². The summed E-state index contributed by atoms with van der Waals surface area (Å²) in [6.45, 7) is 0. The highest BCUT2D eigenvalue weighted by Crippen LogP contribution is 2.46. The van der Waals surface area contributed by atoms with Crippen molar-refractivity contribution in [2.45, 2.75) is 0 Å². The van der Waals surface area contributed by atoms with E-state index in [1.807, 2.05) is 18.5 Å². The van der Waals surface area contributed by atoms with Gasteiger partial charge in [0.15, 0.2) is 0 Å².